The molecule has 102 valence electrons. The summed E-state index contributed by atoms with van der Waals surface area (Å²) in [5.41, 5.74) is 6.11. The van der Waals surface area contributed by atoms with E-state index >= 15 is 0 Å². The van der Waals surface area contributed by atoms with Gasteiger partial charge in [-0.2, -0.15) is 0 Å². The van der Waals surface area contributed by atoms with E-state index in [-0.39, 0.29) is 18.4 Å². The third kappa shape index (κ3) is 4.04. The van der Waals surface area contributed by atoms with Crippen LogP contribution in [0, 0.1) is 0 Å². The Morgan fingerprint density at radius 2 is 2.32 bits per heavy atom. The average Bonchev–Trinajstić information content (AvgIpc) is 2.40. The van der Waals surface area contributed by atoms with Gasteiger partial charge in [0.1, 0.15) is 0 Å². The molecule has 1 aliphatic heterocycles. The molecule has 4 N–H and O–H groups in total. The van der Waals surface area contributed by atoms with E-state index in [1.165, 1.54) is 0 Å². The number of benzene rings is 1. The van der Waals surface area contributed by atoms with Gasteiger partial charge in [-0.05, 0) is 18.2 Å². The van der Waals surface area contributed by atoms with Gasteiger partial charge in [-0.25, -0.2) is 0 Å². The second-order valence-electron chi connectivity index (χ2n) is 4.39. The van der Waals surface area contributed by atoms with E-state index in [1.54, 1.807) is 24.3 Å². The summed E-state index contributed by atoms with van der Waals surface area (Å²) in [4.78, 5) is 22.9. The largest absolute Gasteiger partial charge is 0.375 e. The average molecular weight is 263 g/mol. The van der Waals surface area contributed by atoms with Crippen molar-refractivity contribution in [1.82, 2.24) is 5.32 Å². The van der Waals surface area contributed by atoms with E-state index in [2.05, 4.69) is 10.6 Å². The fourth-order valence-corrected chi connectivity index (χ4v) is 1.92. The van der Waals surface area contributed by atoms with Crippen molar-refractivity contribution in [3.63, 3.8) is 0 Å². The molecule has 1 unspecified atom stereocenters. The Kier molecular flexibility index (Phi) is 4.48. The van der Waals surface area contributed by atoms with Crippen molar-refractivity contribution in [2.45, 2.75) is 12.5 Å². The van der Waals surface area contributed by atoms with Gasteiger partial charge in [0, 0.05) is 24.3 Å². The van der Waals surface area contributed by atoms with Crippen LogP contribution in [-0.2, 0) is 9.53 Å². The maximum Gasteiger partial charge on any atom is 0.248 e. The molecule has 1 aromatic carbocycles. The highest BCUT2D eigenvalue weighted by Gasteiger charge is 2.17. The third-order valence-electron chi connectivity index (χ3n) is 2.85. The van der Waals surface area contributed by atoms with Crippen LogP contribution in [0.15, 0.2) is 24.3 Å². The lowest BCUT2D eigenvalue weighted by molar-refractivity contribution is -0.119. The van der Waals surface area contributed by atoms with Crippen molar-refractivity contribution in [3.8, 4) is 0 Å². The predicted molar refractivity (Wildman–Crippen MR) is 70.8 cm³/mol. The molecule has 1 fully saturated rings. The van der Waals surface area contributed by atoms with Crippen molar-refractivity contribution < 1.29 is 14.3 Å². The van der Waals surface area contributed by atoms with Crippen LogP contribution < -0.4 is 16.4 Å². The minimum absolute atomic E-state index is 0.104. The van der Waals surface area contributed by atoms with E-state index in [4.69, 9.17) is 10.5 Å². The fraction of sp³-hybridized carbons (Fsp3) is 0.385. The van der Waals surface area contributed by atoms with Crippen LogP contribution in [0.1, 0.15) is 16.8 Å². The minimum Gasteiger partial charge on any atom is -0.375 e. The Balaban J connectivity index is 1.90. The molecule has 0 aromatic heterocycles. The van der Waals surface area contributed by atoms with Crippen LogP contribution >= 0.6 is 0 Å². The number of hydrogen-bond acceptors (Lipinski definition) is 4. The summed E-state index contributed by atoms with van der Waals surface area (Å²) in [7, 11) is 0. The zero-order valence-corrected chi connectivity index (χ0v) is 10.5. The van der Waals surface area contributed by atoms with Gasteiger partial charge < -0.3 is 21.1 Å². The van der Waals surface area contributed by atoms with Gasteiger partial charge in [0.25, 0.3) is 0 Å². The Morgan fingerprint density at radius 3 is 3.00 bits per heavy atom. The SMILES string of the molecule is NC(=O)c1cccc(NC(=O)CC2CNCCO2)c1. The molecule has 1 heterocycles. The molecule has 1 aliphatic rings. The summed E-state index contributed by atoms with van der Waals surface area (Å²) < 4.78 is 5.45. The summed E-state index contributed by atoms with van der Waals surface area (Å²) in [6, 6.07) is 6.55. The Morgan fingerprint density at radius 1 is 1.47 bits per heavy atom. The summed E-state index contributed by atoms with van der Waals surface area (Å²) in [6.45, 7) is 2.11. The molecular formula is C13H17N3O3. The van der Waals surface area contributed by atoms with Crippen molar-refractivity contribution >= 4 is 17.5 Å². The lowest BCUT2D eigenvalue weighted by atomic mass is 10.1. The van der Waals surface area contributed by atoms with Gasteiger partial charge in [-0.15, -0.1) is 0 Å². The molecule has 0 spiro atoms. The Bertz CT molecular complexity index is 470. The highest BCUT2D eigenvalue weighted by molar-refractivity contribution is 5.96. The van der Waals surface area contributed by atoms with Gasteiger partial charge in [0.2, 0.25) is 11.8 Å². The quantitative estimate of drug-likeness (QED) is 0.718. The third-order valence-corrected chi connectivity index (χ3v) is 2.85. The van der Waals surface area contributed by atoms with E-state index in [0.29, 0.717) is 24.4 Å². The van der Waals surface area contributed by atoms with Crippen molar-refractivity contribution in [1.29, 1.82) is 0 Å². The van der Waals surface area contributed by atoms with E-state index in [1.807, 2.05) is 0 Å². The molecule has 1 aromatic rings. The standard InChI is InChI=1S/C13H17N3O3/c14-13(18)9-2-1-3-10(6-9)16-12(17)7-11-8-15-4-5-19-11/h1-3,6,11,15H,4-5,7-8H2,(H2,14,18)(H,16,17). The van der Waals surface area contributed by atoms with Gasteiger partial charge >= 0.3 is 0 Å². The van der Waals surface area contributed by atoms with Gasteiger partial charge in [0.15, 0.2) is 0 Å². The molecule has 2 rings (SSSR count). The Hall–Kier alpha value is -1.92. The molecular weight excluding hydrogens is 246 g/mol. The number of morpholine rings is 1. The number of amides is 2. The molecule has 6 nitrogen and oxygen atoms in total. The summed E-state index contributed by atoms with van der Waals surface area (Å²) >= 11 is 0. The number of nitrogens with one attached hydrogen (secondary N) is 2. The second kappa shape index (κ2) is 6.31. The van der Waals surface area contributed by atoms with Gasteiger partial charge in [-0.1, -0.05) is 6.07 Å². The molecule has 1 saturated heterocycles. The smallest absolute Gasteiger partial charge is 0.248 e. The first kappa shape index (κ1) is 13.5. The zero-order chi connectivity index (χ0) is 13.7. The molecule has 0 aliphatic carbocycles. The van der Waals surface area contributed by atoms with Crippen LogP contribution in [0.3, 0.4) is 0 Å². The second-order valence-corrected chi connectivity index (χ2v) is 4.39. The number of nitrogens with two attached hydrogens (primary N) is 1. The molecule has 0 radical (unpaired) electrons. The minimum atomic E-state index is -0.518. The first-order valence-corrected chi connectivity index (χ1v) is 6.17. The first-order chi connectivity index (χ1) is 9.15. The lowest BCUT2D eigenvalue weighted by Crippen LogP contribution is -2.40. The van der Waals surface area contributed by atoms with Gasteiger partial charge in [-0.3, -0.25) is 9.59 Å². The van der Waals surface area contributed by atoms with Crippen LogP contribution in [0.5, 0.6) is 0 Å². The maximum atomic E-state index is 11.8. The number of anilines is 1. The molecule has 2 amide bonds. The molecule has 6 heteroatoms. The van der Waals surface area contributed by atoms with Crippen molar-refractivity contribution in [3.05, 3.63) is 29.8 Å². The Labute approximate surface area is 111 Å². The van der Waals surface area contributed by atoms with Crippen molar-refractivity contribution in [2.75, 3.05) is 25.0 Å². The molecule has 0 saturated carbocycles. The zero-order valence-electron chi connectivity index (χ0n) is 10.5. The van der Waals surface area contributed by atoms with E-state index in [0.717, 1.165) is 6.54 Å². The summed E-state index contributed by atoms with van der Waals surface area (Å²) in [5, 5.41) is 5.89. The highest BCUT2D eigenvalue weighted by Crippen LogP contribution is 2.11. The number of carbonyl (C=O) groups is 2. The predicted octanol–water partition coefficient (Wildman–Crippen LogP) is 0.102. The first-order valence-electron chi connectivity index (χ1n) is 6.17. The van der Waals surface area contributed by atoms with E-state index < -0.39 is 5.91 Å². The fourth-order valence-electron chi connectivity index (χ4n) is 1.92. The van der Waals surface area contributed by atoms with Crippen LogP contribution in [-0.4, -0.2) is 37.6 Å². The number of ether oxygens (including phenoxy) is 1. The topological polar surface area (TPSA) is 93.5 Å². The number of carbonyl (C=O) groups excluding carboxylic acids is 2. The molecule has 0 bridgehead atoms. The number of rotatable bonds is 4. The monoisotopic (exact) mass is 263 g/mol. The number of hydrogen-bond donors (Lipinski definition) is 3. The lowest BCUT2D eigenvalue weighted by Gasteiger charge is -2.23. The summed E-state index contributed by atoms with van der Waals surface area (Å²) in [5.74, 6) is -0.661. The van der Waals surface area contributed by atoms with Crippen molar-refractivity contribution in [2.24, 2.45) is 5.73 Å². The number of primary amides is 1. The highest BCUT2D eigenvalue weighted by atomic mass is 16.5. The van der Waals surface area contributed by atoms with Crippen LogP contribution in [0.25, 0.3) is 0 Å². The maximum absolute atomic E-state index is 11.8. The van der Waals surface area contributed by atoms with Gasteiger partial charge in [0.05, 0.1) is 19.1 Å². The van der Waals surface area contributed by atoms with Crippen LogP contribution in [0.2, 0.25) is 0 Å². The molecule has 1 atom stereocenters. The van der Waals surface area contributed by atoms with Crippen LogP contribution in [0.4, 0.5) is 5.69 Å². The molecule has 19 heavy (non-hydrogen) atoms. The normalized spacial score (nSPS) is 18.8. The van der Waals surface area contributed by atoms with E-state index in [9.17, 15) is 9.59 Å². The summed E-state index contributed by atoms with van der Waals surface area (Å²) in [6.07, 6.45) is 0.182.